The Balaban J connectivity index is 1.86. The monoisotopic (exact) mass is 379 g/mol. The summed E-state index contributed by atoms with van der Waals surface area (Å²) in [5.74, 6) is -1.07. The van der Waals surface area contributed by atoms with Crippen molar-refractivity contribution < 1.29 is 23.8 Å². The predicted octanol–water partition coefficient (Wildman–Crippen LogP) is 3.90. The summed E-state index contributed by atoms with van der Waals surface area (Å²) in [4.78, 5) is 26.2. The molecule has 1 atom stereocenters. The number of hydrogen-bond donors (Lipinski definition) is 1. The molecule has 2 heterocycles. The fourth-order valence-electron chi connectivity index (χ4n) is 3.58. The quantitative estimate of drug-likeness (QED) is 0.827. The van der Waals surface area contributed by atoms with Crippen LogP contribution in [-0.4, -0.2) is 42.1 Å². The molecule has 1 N–H and O–H groups in total. The molecule has 1 aliphatic rings. The summed E-state index contributed by atoms with van der Waals surface area (Å²) in [6, 6.07) is 4.85. The van der Waals surface area contributed by atoms with Crippen LogP contribution in [0.2, 0.25) is 0 Å². The van der Waals surface area contributed by atoms with Gasteiger partial charge in [-0.25, -0.2) is 4.39 Å². The Bertz CT molecular complexity index is 819. The first-order chi connectivity index (χ1) is 12.5. The van der Waals surface area contributed by atoms with E-state index in [1.54, 1.807) is 11.0 Å². The third-order valence-electron chi connectivity index (χ3n) is 4.82. The number of piperidine rings is 1. The van der Waals surface area contributed by atoms with E-state index in [1.165, 1.54) is 24.5 Å². The van der Waals surface area contributed by atoms with Gasteiger partial charge < -0.3 is 14.7 Å². The highest BCUT2D eigenvalue weighted by molar-refractivity contribution is 7.21. The maximum absolute atomic E-state index is 14.3. The number of carbonyl (C=O) groups excluding carboxylic acids is 1. The smallest absolute Gasteiger partial charge is 0.303 e. The van der Waals surface area contributed by atoms with E-state index in [9.17, 15) is 14.0 Å². The summed E-state index contributed by atoms with van der Waals surface area (Å²) in [5.41, 5.74) is 0.600. The number of carbonyl (C=O) groups is 2. The fourth-order valence-corrected chi connectivity index (χ4v) is 4.77. The Kier molecular flexibility index (Phi) is 5.88. The van der Waals surface area contributed by atoms with Crippen molar-refractivity contribution in [2.75, 3.05) is 20.2 Å². The number of nitrogens with zero attached hydrogens (tertiary/aromatic N) is 1. The van der Waals surface area contributed by atoms with Gasteiger partial charge in [0, 0.05) is 42.3 Å². The summed E-state index contributed by atoms with van der Waals surface area (Å²) in [6.07, 6.45) is 2.48. The van der Waals surface area contributed by atoms with Crippen molar-refractivity contribution in [3.05, 3.63) is 34.5 Å². The van der Waals surface area contributed by atoms with Crippen molar-refractivity contribution in [2.45, 2.75) is 32.3 Å². The number of carboxylic acid groups (broad SMARTS) is 1. The molecule has 3 rings (SSSR count). The predicted molar refractivity (Wildman–Crippen MR) is 98.0 cm³/mol. The van der Waals surface area contributed by atoms with Crippen molar-refractivity contribution in [2.24, 2.45) is 5.92 Å². The van der Waals surface area contributed by atoms with E-state index in [0.29, 0.717) is 35.3 Å². The fraction of sp³-hybridized carbons (Fsp3) is 0.474. The van der Waals surface area contributed by atoms with Gasteiger partial charge in [-0.05, 0) is 37.3 Å². The maximum atomic E-state index is 14.3. The third-order valence-corrected chi connectivity index (χ3v) is 6.00. The molecule has 0 aliphatic carbocycles. The number of amides is 1. The number of benzene rings is 1. The summed E-state index contributed by atoms with van der Waals surface area (Å²) in [6.45, 7) is 1.37. The summed E-state index contributed by atoms with van der Waals surface area (Å²) < 4.78 is 20.3. The first-order valence-corrected chi connectivity index (χ1v) is 9.52. The minimum Gasteiger partial charge on any atom is -0.481 e. The molecule has 26 heavy (non-hydrogen) atoms. The molecule has 0 radical (unpaired) electrons. The van der Waals surface area contributed by atoms with E-state index in [2.05, 4.69) is 0 Å². The largest absolute Gasteiger partial charge is 0.481 e. The van der Waals surface area contributed by atoms with Gasteiger partial charge in [0.05, 0.1) is 11.5 Å². The minimum atomic E-state index is -0.809. The number of fused-ring (bicyclic) bond motifs is 1. The second-order valence-electron chi connectivity index (χ2n) is 6.65. The SMILES string of the molecule is COCc1c(C(=O)N2CCCC(CCC(=O)O)C2)sc2cccc(F)c12. The zero-order valence-electron chi connectivity index (χ0n) is 14.7. The highest BCUT2D eigenvalue weighted by atomic mass is 32.1. The molecule has 1 saturated heterocycles. The first-order valence-electron chi connectivity index (χ1n) is 8.71. The lowest BCUT2D eigenvalue weighted by molar-refractivity contribution is -0.137. The molecule has 1 amide bonds. The number of carboxylic acids is 1. The molecule has 7 heteroatoms. The number of thiophene rings is 1. The van der Waals surface area contributed by atoms with Crippen LogP contribution >= 0.6 is 11.3 Å². The zero-order valence-corrected chi connectivity index (χ0v) is 15.5. The number of halogens is 1. The van der Waals surface area contributed by atoms with Gasteiger partial charge in [-0.15, -0.1) is 11.3 Å². The Labute approximate surface area is 155 Å². The van der Waals surface area contributed by atoms with Crippen LogP contribution in [0.5, 0.6) is 0 Å². The Hall–Kier alpha value is -1.99. The molecule has 1 aromatic heterocycles. The molecule has 0 saturated carbocycles. The van der Waals surface area contributed by atoms with Gasteiger partial charge in [-0.2, -0.15) is 0 Å². The lowest BCUT2D eigenvalue weighted by Gasteiger charge is -2.32. The number of hydrogen-bond acceptors (Lipinski definition) is 4. The molecule has 140 valence electrons. The first kappa shape index (κ1) is 18.8. The van der Waals surface area contributed by atoms with Gasteiger partial charge in [0.2, 0.25) is 0 Å². The van der Waals surface area contributed by atoms with Gasteiger partial charge in [-0.1, -0.05) is 6.07 Å². The van der Waals surface area contributed by atoms with Crippen molar-refractivity contribution in [1.82, 2.24) is 4.90 Å². The molecular weight excluding hydrogens is 357 g/mol. The van der Waals surface area contributed by atoms with Crippen LogP contribution in [0.4, 0.5) is 4.39 Å². The average Bonchev–Trinajstić information content (AvgIpc) is 3.00. The normalized spacial score (nSPS) is 17.6. The molecule has 1 fully saturated rings. The average molecular weight is 379 g/mol. The Morgan fingerprint density at radius 1 is 1.42 bits per heavy atom. The Morgan fingerprint density at radius 2 is 2.23 bits per heavy atom. The number of ether oxygens (including phenoxy) is 1. The van der Waals surface area contributed by atoms with E-state index in [0.717, 1.165) is 17.5 Å². The number of methoxy groups -OCH3 is 1. The topological polar surface area (TPSA) is 66.8 Å². The minimum absolute atomic E-state index is 0.113. The summed E-state index contributed by atoms with van der Waals surface area (Å²) in [5, 5.41) is 9.33. The van der Waals surface area contributed by atoms with Gasteiger partial charge in [0.25, 0.3) is 5.91 Å². The third kappa shape index (κ3) is 3.88. The van der Waals surface area contributed by atoms with Crippen molar-refractivity contribution in [1.29, 1.82) is 0 Å². The van der Waals surface area contributed by atoms with Crippen LogP contribution in [0.1, 0.15) is 40.9 Å². The van der Waals surface area contributed by atoms with Gasteiger partial charge in [-0.3, -0.25) is 9.59 Å². The van der Waals surface area contributed by atoms with Crippen LogP contribution in [0, 0.1) is 11.7 Å². The van der Waals surface area contributed by atoms with Crippen molar-refractivity contribution >= 4 is 33.3 Å². The molecule has 5 nitrogen and oxygen atoms in total. The van der Waals surface area contributed by atoms with Crippen LogP contribution in [0.3, 0.4) is 0 Å². The summed E-state index contributed by atoms with van der Waals surface area (Å²) >= 11 is 1.29. The molecular formula is C19H22FNO4S. The Morgan fingerprint density at radius 3 is 2.96 bits per heavy atom. The van der Waals surface area contributed by atoms with Gasteiger partial charge >= 0.3 is 5.97 Å². The van der Waals surface area contributed by atoms with Crippen LogP contribution in [-0.2, 0) is 16.1 Å². The van der Waals surface area contributed by atoms with E-state index in [-0.39, 0.29) is 30.7 Å². The van der Waals surface area contributed by atoms with Crippen molar-refractivity contribution in [3.63, 3.8) is 0 Å². The maximum Gasteiger partial charge on any atom is 0.303 e. The lowest BCUT2D eigenvalue weighted by atomic mass is 9.93. The zero-order chi connectivity index (χ0) is 18.7. The van der Waals surface area contributed by atoms with Gasteiger partial charge in [0.15, 0.2) is 0 Å². The molecule has 0 bridgehead atoms. The second kappa shape index (κ2) is 8.14. The second-order valence-corrected chi connectivity index (χ2v) is 7.70. The van der Waals surface area contributed by atoms with E-state index in [4.69, 9.17) is 9.84 Å². The van der Waals surface area contributed by atoms with Crippen LogP contribution in [0.15, 0.2) is 18.2 Å². The lowest BCUT2D eigenvalue weighted by Crippen LogP contribution is -2.40. The number of rotatable bonds is 6. The van der Waals surface area contributed by atoms with E-state index < -0.39 is 5.97 Å². The van der Waals surface area contributed by atoms with Crippen LogP contribution < -0.4 is 0 Å². The molecule has 0 spiro atoms. The highest BCUT2D eigenvalue weighted by Crippen LogP contribution is 2.35. The van der Waals surface area contributed by atoms with Gasteiger partial charge in [0.1, 0.15) is 5.82 Å². The van der Waals surface area contributed by atoms with E-state index in [1.807, 2.05) is 6.07 Å². The van der Waals surface area contributed by atoms with Crippen LogP contribution in [0.25, 0.3) is 10.1 Å². The molecule has 1 aromatic carbocycles. The van der Waals surface area contributed by atoms with E-state index >= 15 is 0 Å². The highest BCUT2D eigenvalue weighted by Gasteiger charge is 2.28. The molecule has 1 aliphatic heterocycles. The standard InChI is InChI=1S/C19H22FNO4S/c1-25-11-13-17-14(20)5-2-6-15(17)26-18(13)19(24)21-9-3-4-12(10-21)7-8-16(22)23/h2,5-6,12H,3-4,7-11H2,1H3,(H,22,23). The molecule has 1 unspecified atom stereocenters. The number of aliphatic carboxylic acids is 1. The molecule has 2 aromatic rings. The summed E-state index contributed by atoms with van der Waals surface area (Å²) in [7, 11) is 1.53. The van der Waals surface area contributed by atoms with Crippen molar-refractivity contribution in [3.8, 4) is 0 Å². The number of likely N-dealkylation sites (tertiary alicyclic amines) is 1.